The number of carbonyl (C=O) groups excluding carboxylic acids is 1. The molecule has 0 saturated carbocycles. The second kappa shape index (κ2) is 7.31. The molecule has 1 fully saturated rings. The molecule has 1 aromatic carbocycles. The first-order valence-corrected chi connectivity index (χ1v) is 9.63. The number of carbonyl (C=O) groups is 1. The van der Waals surface area contributed by atoms with E-state index < -0.39 is 0 Å². The summed E-state index contributed by atoms with van der Waals surface area (Å²) < 4.78 is 5.39. The summed E-state index contributed by atoms with van der Waals surface area (Å²) >= 11 is 3.01. The van der Waals surface area contributed by atoms with Crippen LogP contribution in [-0.2, 0) is 11.3 Å². The van der Waals surface area contributed by atoms with Crippen molar-refractivity contribution in [1.82, 2.24) is 10.3 Å². The molecule has 26 heavy (non-hydrogen) atoms. The van der Waals surface area contributed by atoms with Crippen LogP contribution in [-0.4, -0.2) is 23.2 Å². The number of thiophene rings is 1. The van der Waals surface area contributed by atoms with Crippen LogP contribution in [0.3, 0.4) is 0 Å². The third-order valence-corrected chi connectivity index (χ3v) is 5.66. The monoisotopic (exact) mass is 381 g/mol. The molecule has 4 rings (SSSR count). The minimum Gasteiger partial charge on any atom is -0.496 e. The highest BCUT2D eigenvalue weighted by atomic mass is 32.2. The number of benzene rings is 1. The van der Waals surface area contributed by atoms with Gasteiger partial charge in [0.2, 0.25) is 0 Å². The van der Waals surface area contributed by atoms with Gasteiger partial charge in [-0.25, -0.2) is 0 Å². The Morgan fingerprint density at radius 3 is 3.04 bits per heavy atom. The van der Waals surface area contributed by atoms with E-state index in [1.165, 1.54) is 16.6 Å². The fourth-order valence-electron chi connectivity index (χ4n) is 2.61. The van der Waals surface area contributed by atoms with Gasteiger partial charge in [-0.2, -0.15) is 0 Å². The molecule has 1 aliphatic rings. The fraction of sp³-hybridized carbons (Fsp3) is 0.105. The second-order valence-corrected chi connectivity index (χ2v) is 7.62. The topological polar surface area (TPSA) is 63.6 Å². The number of rotatable bonds is 4. The molecule has 0 spiro atoms. The molecule has 0 bridgehead atoms. The Labute approximate surface area is 158 Å². The molecule has 0 unspecified atom stereocenters. The first-order valence-electron chi connectivity index (χ1n) is 7.93. The number of hydrogen-bond donors (Lipinski definition) is 1. The SMILES string of the molecule is COc1ccnc2ccc(/C=C3\SC(=NCc4cccs4)NC3=O)cc12. The Balaban J connectivity index is 1.59. The lowest BCUT2D eigenvalue weighted by atomic mass is 10.1. The number of hydrogen-bond acceptors (Lipinski definition) is 6. The molecule has 1 N–H and O–H groups in total. The molecule has 0 radical (unpaired) electrons. The summed E-state index contributed by atoms with van der Waals surface area (Å²) in [6.07, 6.45) is 3.58. The Morgan fingerprint density at radius 2 is 2.23 bits per heavy atom. The number of ether oxygens (including phenoxy) is 1. The van der Waals surface area contributed by atoms with Crippen LogP contribution in [0.15, 0.2) is 57.9 Å². The zero-order chi connectivity index (χ0) is 17.9. The van der Waals surface area contributed by atoms with E-state index in [9.17, 15) is 4.79 Å². The number of pyridine rings is 1. The number of amidine groups is 1. The van der Waals surface area contributed by atoms with Crippen molar-refractivity contribution in [2.24, 2.45) is 4.99 Å². The summed E-state index contributed by atoms with van der Waals surface area (Å²) in [5.74, 6) is 0.634. The van der Waals surface area contributed by atoms with Crippen LogP contribution in [0.2, 0.25) is 0 Å². The predicted molar refractivity (Wildman–Crippen MR) is 107 cm³/mol. The quantitative estimate of drug-likeness (QED) is 0.692. The van der Waals surface area contributed by atoms with Gasteiger partial charge in [0.05, 0.1) is 24.1 Å². The largest absolute Gasteiger partial charge is 0.496 e. The maximum absolute atomic E-state index is 12.2. The van der Waals surface area contributed by atoms with E-state index in [2.05, 4.69) is 15.3 Å². The van der Waals surface area contributed by atoms with Crippen LogP contribution >= 0.6 is 23.1 Å². The molecule has 130 valence electrons. The van der Waals surface area contributed by atoms with Gasteiger partial charge >= 0.3 is 0 Å². The summed E-state index contributed by atoms with van der Waals surface area (Å²) in [5, 5.41) is 6.39. The van der Waals surface area contributed by atoms with Crippen LogP contribution < -0.4 is 10.1 Å². The number of thioether (sulfide) groups is 1. The van der Waals surface area contributed by atoms with E-state index in [4.69, 9.17) is 4.74 Å². The Hall–Kier alpha value is -2.64. The highest BCUT2D eigenvalue weighted by Gasteiger charge is 2.23. The van der Waals surface area contributed by atoms with Crippen molar-refractivity contribution in [3.63, 3.8) is 0 Å². The molecule has 1 saturated heterocycles. The van der Waals surface area contributed by atoms with Crippen molar-refractivity contribution in [2.45, 2.75) is 6.54 Å². The summed E-state index contributed by atoms with van der Waals surface area (Å²) in [4.78, 5) is 22.8. The first kappa shape index (κ1) is 16.8. The van der Waals surface area contributed by atoms with Gasteiger partial charge in [-0.15, -0.1) is 11.3 Å². The van der Waals surface area contributed by atoms with Crippen molar-refractivity contribution in [3.05, 3.63) is 63.3 Å². The molecular formula is C19H15N3O2S2. The zero-order valence-electron chi connectivity index (χ0n) is 13.9. The summed E-state index contributed by atoms with van der Waals surface area (Å²) in [7, 11) is 1.64. The van der Waals surface area contributed by atoms with E-state index in [0.29, 0.717) is 16.6 Å². The molecule has 0 aliphatic carbocycles. The molecule has 3 heterocycles. The summed E-state index contributed by atoms with van der Waals surface area (Å²) in [5.41, 5.74) is 1.77. The third-order valence-electron chi connectivity index (χ3n) is 3.85. The van der Waals surface area contributed by atoms with Gasteiger partial charge in [0.1, 0.15) is 5.75 Å². The summed E-state index contributed by atoms with van der Waals surface area (Å²) in [6.45, 7) is 0.576. The van der Waals surface area contributed by atoms with Crippen LogP contribution in [0.4, 0.5) is 0 Å². The number of amides is 1. The van der Waals surface area contributed by atoms with Gasteiger partial charge in [0.15, 0.2) is 5.17 Å². The number of methoxy groups -OCH3 is 1. The van der Waals surface area contributed by atoms with Crippen LogP contribution in [0, 0.1) is 0 Å². The number of fused-ring (bicyclic) bond motifs is 1. The standard InChI is InChI=1S/C19H15N3O2S2/c1-24-16-6-7-20-15-5-4-12(9-14(15)16)10-17-18(23)22-19(26-17)21-11-13-3-2-8-25-13/h2-10H,11H2,1H3,(H,21,22,23)/b17-10-. The highest BCUT2D eigenvalue weighted by Crippen LogP contribution is 2.29. The third kappa shape index (κ3) is 3.49. The van der Waals surface area contributed by atoms with Gasteiger partial charge < -0.3 is 10.1 Å². The number of nitrogens with one attached hydrogen (secondary N) is 1. The van der Waals surface area contributed by atoms with E-state index in [1.54, 1.807) is 24.6 Å². The lowest BCUT2D eigenvalue weighted by Gasteiger charge is -2.05. The van der Waals surface area contributed by atoms with Crippen LogP contribution in [0.5, 0.6) is 5.75 Å². The zero-order valence-corrected chi connectivity index (χ0v) is 15.6. The molecule has 1 aliphatic heterocycles. The van der Waals surface area contributed by atoms with Gasteiger partial charge in [0.25, 0.3) is 5.91 Å². The number of aliphatic imine (C=N–C) groups is 1. The van der Waals surface area contributed by atoms with Gasteiger partial charge in [0, 0.05) is 16.5 Å². The molecule has 1 amide bonds. The first-order chi connectivity index (χ1) is 12.7. The molecule has 2 aromatic heterocycles. The van der Waals surface area contributed by atoms with Crippen LogP contribution in [0.1, 0.15) is 10.4 Å². The van der Waals surface area contributed by atoms with Gasteiger partial charge in [-0.05, 0) is 53.0 Å². The number of nitrogens with zero attached hydrogens (tertiary/aromatic N) is 2. The minimum atomic E-state index is -0.127. The van der Waals surface area contributed by atoms with E-state index in [1.807, 2.05) is 47.9 Å². The lowest BCUT2D eigenvalue weighted by molar-refractivity contribution is -0.115. The predicted octanol–water partition coefficient (Wildman–Crippen LogP) is 4.07. The van der Waals surface area contributed by atoms with Crippen molar-refractivity contribution in [3.8, 4) is 5.75 Å². The smallest absolute Gasteiger partial charge is 0.264 e. The molecule has 5 nitrogen and oxygen atoms in total. The average Bonchev–Trinajstić information content (AvgIpc) is 3.29. The summed E-state index contributed by atoms with van der Waals surface area (Å²) in [6, 6.07) is 11.7. The molecule has 3 aromatic rings. The van der Waals surface area contributed by atoms with Gasteiger partial charge in [-0.3, -0.25) is 14.8 Å². The van der Waals surface area contributed by atoms with E-state index in [0.717, 1.165) is 22.2 Å². The maximum atomic E-state index is 12.2. The normalized spacial score (nSPS) is 17.2. The van der Waals surface area contributed by atoms with E-state index >= 15 is 0 Å². The Kier molecular flexibility index (Phi) is 4.73. The Bertz CT molecular complexity index is 1030. The molecule has 7 heteroatoms. The van der Waals surface area contributed by atoms with E-state index in [-0.39, 0.29) is 5.91 Å². The molecular weight excluding hydrogens is 366 g/mol. The van der Waals surface area contributed by atoms with Crippen molar-refractivity contribution >= 4 is 51.2 Å². The highest BCUT2D eigenvalue weighted by molar-refractivity contribution is 8.18. The van der Waals surface area contributed by atoms with Gasteiger partial charge in [-0.1, -0.05) is 12.1 Å². The molecule has 0 atom stereocenters. The van der Waals surface area contributed by atoms with Crippen LogP contribution in [0.25, 0.3) is 17.0 Å². The van der Waals surface area contributed by atoms with Crippen molar-refractivity contribution < 1.29 is 9.53 Å². The fourth-order valence-corrected chi connectivity index (χ4v) is 4.06. The van der Waals surface area contributed by atoms with Crippen molar-refractivity contribution in [2.75, 3.05) is 7.11 Å². The minimum absolute atomic E-state index is 0.127. The average molecular weight is 381 g/mol. The maximum Gasteiger partial charge on any atom is 0.264 e. The Morgan fingerprint density at radius 1 is 1.31 bits per heavy atom. The lowest BCUT2D eigenvalue weighted by Crippen LogP contribution is -2.19. The van der Waals surface area contributed by atoms with Crippen molar-refractivity contribution in [1.29, 1.82) is 0 Å². The second-order valence-electron chi connectivity index (χ2n) is 5.56. The number of aromatic nitrogens is 1.